The maximum atomic E-state index is 12.5. The first-order chi connectivity index (χ1) is 15.6. The van der Waals surface area contributed by atoms with Gasteiger partial charge in [0, 0.05) is 37.9 Å². The second-order valence-electron chi connectivity index (χ2n) is 7.52. The van der Waals surface area contributed by atoms with Crippen molar-refractivity contribution in [1.82, 2.24) is 19.8 Å². The Morgan fingerprint density at radius 3 is 2.72 bits per heavy atom. The van der Waals surface area contributed by atoms with Gasteiger partial charge >= 0.3 is 6.09 Å². The summed E-state index contributed by atoms with van der Waals surface area (Å²) < 4.78 is 5.42. The van der Waals surface area contributed by atoms with Crippen molar-refractivity contribution >= 4 is 17.7 Å². The second kappa shape index (κ2) is 10.2. The van der Waals surface area contributed by atoms with E-state index >= 15 is 0 Å². The number of carbonyl (C=O) groups is 1. The summed E-state index contributed by atoms with van der Waals surface area (Å²) in [6, 6.07) is 21.0. The first-order valence-corrected chi connectivity index (χ1v) is 10.7. The summed E-state index contributed by atoms with van der Waals surface area (Å²) in [7, 11) is 0. The van der Waals surface area contributed by atoms with Gasteiger partial charge in [0.1, 0.15) is 12.6 Å². The number of carbonyl (C=O) groups excluding carboxylic acids is 1. The monoisotopic (exact) mass is 447 g/mol. The molecule has 0 N–H and O–H groups in total. The Morgan fingerprint density at radius 2 is 1.94 bits per heavy atom. The third-order valence-corrected chi connectivity index (χ3v) is 5.49. The van der Waals surface area contributed by atoms with Crippen LogP contribution in [0.4, 0.5) is 4.79 Å². The van der Waals surface area contributed by atoms with Crippen LogP contribution >= 0.6 is 11.6 Å². The molecule has 0 bridgehead atoms. The summed E-state index contributed by atoms with van der Waals surface area (Å²) in [5.41, 5.74) is 3.71. The van der Waals surface area contributed by atoms with Crippen molar-refractivity contribution in [1.29, 1.82) is 5.26 Å². The Morgan fingerprint density at radius 1 is 1.12 bits per heavy atom. The molecule has 1 atom stereocenters. The number of rotatable bonds is 5. The minimum atomic E-state index is -0.559. The van der Waals surface area contributed by atoms with Crippen LogP contribution in [0.15, 0.2) is 66.9 Å². The van der Waals surface area contributed by atoms with Crippen LogP contribution in [0.2, 0.25) is 5.28 Å². The number of amides is 1. The molecule has 1 amide bonds. The molecule has 4 rings (SSSR count). The van der Waals surface area contributed by atoms with E-state index in [2.05, 4.69) is 27.0 Å². The molecule has 0 aliphatic carbocycles. The van der Waals surface area contributed by atoms with Gasteiger partial charge < -0.3 is 4.74 Å². The molecule has 1 aromatic heterocycles. The molecule has 7 nitrogen and oxygen atoms in total. The molecule has 0 radical (unpaired) electrons. The molecule has 1 aliphatic heterocycles. The summed E-state index contributed by atoms with van der Waals surface area (Å²) in [4.78, 5) is 24.4. The largest absolute Gasteiger partial charge is 0.445 e. The van der Waals surface area contributed by atoms with Gasteiger partial charge in [0.15, 0.2) is 0 Å². The zero-order valence-electron chi connectivity index (χ0n) is 17.4. The van der Waals surface area contributed by atoms with E-state index in [-0.39, 0.29) is 11.9 Å². The molecular weight excluding hydrogens is 426 g/mol. The molecule has 1 unspecified atom stereocenters. The number of benzene rings is 2. The van der Waals surface area contributed by atoms with Crippen molar-refractivity contribution in [3.63, 3.8) is 0 Å². The Balaban J connectivity index is 1.37. The zero-order chi connectivity index (χ0) is 22.3. The fourth-order valence-electron chi connectivity index (χ4n) is 3.70. The lowest BCUT2D eigenvalue weighted by atomic mass is 10.1. The molecule has 0 spiro atoms. The van der Waals surface area contributed by atoms with E-state index in [0.29, 0.717) is 26.2 Å². The van der Waals surface area contributed by atoms with Crippen LogP contribution in [-0.2, 0) is 17.9 Å². The molecule has 2 heterocycles. The molecular formula is C24H22ClN5O2. The predicted molar refractivity (Wildman–Crippen MR) is 120 cm³/mol. The van der Waals surface area contributed by atoms with Crippen molar-refractivity contribution in [2.45, 2.75) is 19.2 Å². The average molecular weight is 448 g/mol. The van der Waals surface area contributed by atoms with E-state index in [4.69, 9.17) is 16.3 Å². The number of ether oxygens (including phenoxy) is 1. The van der Waals surface area contributed by atoms with Gasteiger partial charge in [-0.3, -0.25) is 9.80 Å². The third-order valence-electron chi connectivity index (χ3n) is 5.31. The van der Waals surface area contributed by atoms with E-state index in [1.165, 1.54) is 4.90 Å². The highest BCUT2D eigenvalue weighted by atomic mass is 35.5. The van der Waals surface area contributed by atoms with Crippen LogP contribution in [0.1, 0.15) is 11.1 Å². The normalized spacial score (nSPS) is 16.4. The van der Waals surface area contributed by atoms with Gasteiger partial charge in [0.2, 0.25) is 5.28 Å². The molecule has 1 saturated heterocycles. The molecule has 162 valence electrons. The highest BCUT2D eigenvalue weighted by Crippen LogP contribution is 2.21. The van der Waals surface area contributed by atoms with Crippen LogP contribution in [0.3, 0.4) is 0 Å². The average Bonchev–Trinajstić information content (AvgIpc) is 2.83. The predicted octanol–water partition coefficient (Wildman–Crippen LogP) is 4.14. The van der Waals surface area contributed by atoms with E-state index in [0.717, 1.165) is 22.4 Å². The number of halogens is 1. The zero-order valence-corrected chi connectivity index (χ0v) is 18.2. The Kier molecular flexibility index (Phi) is 6.95. The Bertz CT molecular complexity index is 1120. The minimum Gasteiger partial charge on any atom is -0.445 e. The number of nitrogens with zero attached hydrogens (tertiary/aromatic N) is 5. The summed E-state index contributed by atoms with van der Waals surface area (Å²) >= 11 is 5.92. The van der Waals surface area contributed by atoms with Crippen LogP contribution in [-0.4, -0.2) is 51.5 Å². The van der Waals surface area contributed by atoms with Gasteiger partial charge in [0.05, 0.1) is 11.8 Å². The number of nitriles is 1. The van der Waals surface area contributed by atoms with E-state index in [1.54, 1.807) is 6.20 Å². The first kappa shape index (κ1) is 21.8. The van der Waals surface area contributed by atoms with Crippen molar-refractivity contribution in [3.8, 4) is 17.3 Å². The van der Waals surface area contributed by atoms with E-state index in [9.17, 15) is 10.1 Å². The van der Waals surface area contributed by atoms with Crippen LogP contribution in [0, 0.1) is 11.3 Å². The summed E-state index contributed by atoms with van der Waals surface area (Å²) in [6.45, 7) is 2.41. The lowest BCUT2D eigenvalue weighted by molar-refractivity contribution is 0.0548. The van der Waals surface area contributed by atoms with Crippen molar-refractivity contribution in [2.75, 3.05) is 19.6 Å². The molecule has 8 heteroatoms. The van der Waals surface area contributed by atoms with Gasteiger partial charge in [0.25, 0.3) is 0 Å². The molecule has 1 fully saturated rings. The quantitative estimate of drug-likeness (QED) is 0.546. The topological polar surface area (TPSA) is 82.4 Å². The molecule has 1 aliphatic rings. The number of piperazine rings is 1. The summed E-state index contributed by atoms with van der Waals surface area (Å²) in [6.07, 6.45) is 1.17. The highest BCUT2D eigenvalue weighted by Gasteiger charge is 2.31. The van der Waals surface area contributed by atoms with Crippen molar-refractivity contribution < 1.29 is 9.53 Å². The standard InChI is InChI=1S/C24H22ClN5O2/c25-23-27-10-9-22(28-23)20-8-4-7-19(13-20)15-29-11-12-30(21(14-26)16-29)24(31)32-17-18-5-2-1-3-6-18/h1-10,13,21H,11-12,15-17H2. The van der Waals surface area contributed by atoms with Gasteiger partial charge in [-0.1, -0.05) is 48.5 Å². The lowest BCUT2D eigenvalue weighted by Crippen LogP contribution is -2.54. The lowest BCUT2D eigenvalue weighted by Gasteiger charge is -2.37. The van der Waals surface area contributed by atoms with E-state index in [1.807, 2.05) is 54.6 Å². The molecule has 2 aromatic carbocycles. The maximum absolute atomic E-state index is 12.5. The third kappa shape index (κ3) is 5.41. The van der Waals surface area contributed by atoms with Crippen molar-refractivity contribution in [3.05, 3.63) is 83.3 Å². The maximum Gasteiger partial charge on any atom is 0.411 e. The Labute approximate surface area is 191 Å². The van der Waals surface area contributed by atoms with Crippen LogP contribution in [0.5, 0.6) is 0 Å². The summed E-state index contributed by atoms with van der Waals surface area (Å²) in [5.74, 6) is 0. The number of hydrogen-bond acceptors (Lipinski definition) is 6. The summed E-state index contributed by atoms with van der Waals surface area (Å²) in [5, 5.41) is 9.85. The van der Waals surface area contributed by atoms with Gasteiger partial charge in [-0.05, 0) is 34.9 Å². The van der Waals surface area contributed by atoms with Gasteiger partial charge in [-0.25, -0.2) is 14.8 Å². The molecule has 0 saturated carbocycles. The van der Waals surface area contributed by atoms with Gasteiger partial charge in [-0.15, -0.1) is 0 Å². The minimum absolute atomic E-state index is 0.192. The van der Waals surface area contributed by atoms with Gasteiger partial charge in [-0.2, -0.15) is 5.26 Å². The fourth-order valence-corrected chi connectivity index (χ4v) is 3.84. The van der Waals surface area contributed by atoms with Crippen molar-refractivity contribution in [2.24, 2.45) is 0 Å². The highest BCUT2D eigenvalue weighted by molar-refractivity contribution is 6.28. The molecule has 3 aromatic rings. The number of hydrogen-bond donors (Lipinski definition) is 0. The number of aromatic nitrogens is 2. The second-order valence-corrected chi connectivity index (χ2v) is 7.86. The fraction of sp³-hybridized carbons (Fsp3) is 0.250. The molecule has 32 heavy (non-hydrogen) atoms. The Hall–Kier alpha value is -3.47. The SMILES string of the molecule is N#CC1CN(Cc2cccc(-c3ccnc(Cl)n3)c2)CCN1C(=O)OCc1ccccc1. The first-order valence-electron chi connectivity index (χ1n) is 10.3. The van der Waals surface area contributed by atoms with Crippen LogP contribution < -0.4 is 0 Å². The van der Waals surface area contributed by atoms with Crippen LogP contribution in [0.25, 0.3) is 11.3 Å². The van der Waals surface area contributed by atoms with E-state index < -0.39 is 12.1 Å². The smallest absolute Gasteiger partial charge is 0.411 e.